The first-order valence-electron chi connectivity index (χ1n) is 7.56. The van der Waals surface area contributed by atoms with Gasteiger partial charge in [-0.05, 0) is 30.5 Å². The van der Waals surface area contributed by atoms with Gasteiger partial charge in [0.1, 0.15) is 5.82 Å². The van der Waals surface area contributed by atoms with Crippen LogP contribution in [0.5, 0.6) is 0 Å². The van der Waals surface area contributed by atoms with E-state index >= 15 is 0 Å². The zero-order valence-corrected chi connectivity index (χ0v) is 12.9. The van der Waals surface area contributed by atoms with E-state index in [1.165, 1.54) is 12.1 Å². The van der Waals surface area contributed by atoms with E-state index in [0.717, 1.165) is 0 Å². The predicted octanol–water partition coefficient (Wildman–Crippen LogP) is 1.89. The molecule has 1 aromatic carbocycles. The third-order valence-corrected chi connectivity index (χ3v) is 4.50. The van der Waals surface area contributed by atoms with Crippen molar-refractivity contribution in [2.75, 3.05) is 11.9 Å². The van der Waals surface area contributed by atoms with Gasteiger partial charge in [0.2, 0.25) is 11.8 Å². The van der Waals surface area contributed by atoms with Crippen molar-refractivity contribution >= 4 is 17.5 Å². The Morgan fingerprint density at radius 3 is 2.73 bits per heavy atom. The Hall–Kier alpha value is -1.95. The van der Waals surface area contributed by atoms with Crippen LogP contribution in [0.3, 0.4) is 0 Å². The summed E-state index contributed by atoms with van der Waals surface area (Å²) in [5, 5.41) is 5.59. The average molecular weight is 307 g/mol. The van der Waals surface area contributed by atoms with Gasteiger partial charge in [-0.1, -0.05) is 19.9 Å². The highest BCUT2D eigenvalue weighted by atomic mass is 19.1. The van der Waals surface area contributed by atoms with Crippen LogP contribution in [0.1, 0.15) is 44.6 Å². The van der Waals surface area contributed by atoms with Gasteiger partial charge < -0.3 is 16.4 Å². The van der Waals surface area contributed by atoms with Crippen LogP contribution in [-0.4, -0.2) is 23.9 Å². The molecule has 1 aliphatic heterocycles. The van der Waals surface area contributed by atoms with E-state index in [9.17, 15) is 14.0 Å². The summed E-state index contributed by atoms with van der Waals surface area (Å²) in [5.41, 5.74) is 6.34. The number of halogens is 1. The Labute approximate surface area is 129 Å². The number of benzene rings is 1. The van der Waals surface area contributed by atoms with E-state index in [4.69, 9.17) is 5.73 Å². The fourth-order valence-corrected chi connectivity index (χ4v) is 2.79. The summed E-state index contributed by atoms with van der Waals surface area (Å²) < 4.78 is 13.3. The predicted molar refractivity (Wildman–Crippen MR) is 82.9 cm³/mol. The summed E-state index contributed by atoms with van der Waals surface area (Å²) in [4.78, 5) is 24.4. The third-order valence-electron chi connectivity index (χ3n) is 4.50. The van der Waals surface area contributed by atoms with E-state index in [2.05, 4.69) is 10.6 Å². The monoisotopic (exact) mass is 307 g/mol. The number of fused-ring (bicyclic) bond motifs is 1. The van der Waals surface area contributed by atoms with Crippen molar-refractivity contribution in [1.82, 2.24) is 5.32 Å². The molecule has 120 valence electrons. The number of carbonyl (C=O) groups is 2. The summed E-state index contributed by atoms with van der Waals surface area (Å²) in [7, 11) is 0. The van der Waals surface area contributed by atoms with Gasteiger partial charge in [0.15, 0.2) is 0 Å². The number of amides is 2. The molecule has 5 nitrogen and oxygen atoms in total. The molecule has 1 atom stereocenters. The highest BCUT2D eigenvalue weighted by Gasteiger charge is 2.35. The van der Waals surface area contributed by atoms with Crippen LogP contribution in [0, 0.1) is 5.82 Å². The van der Waals surface area contributed by atoms with Crippen LogP contribution < -0.4 is 16.4 Å². The van der Waals surface area contributed by atoms with Crippen molar-refractivity contribution in [1.29, 1.82) is 0 Å². The molecule has 0 aromatic heterocycles. The van der Waals surface area contributed by atoms with Gasteiger partial charge in [-0.2, -0.15) is 0 Å². The summed E-state index contributed by atoms with van der Waals surface area (Å²) in [6.07, 6.45) is 1.47. The average Bonchev–Trinajstić information content (AvgIpc) is 2.51. The lowest BCUT2D eigenvalue weighted by Crippen LogP contribution is -2.54. The highest BCUT2D eigenvalue weighted by molar-refractivity contribution is 6.01. The molecule has 0 radical (unpaired) electrons. The first-order valence-corrected chi connectivity index (χ1v) is 7.56. The van der Waals surface area contributed by atoms with Crippen molar-refractivity contribution in [3.63, 3.8) is 0 Å². The molecule has 2 rings (SSSR count). The minimum atomic E-state index is -0.617. The Balaban J connectivity index is 2.29. The van der Waals surface area contributed by atoms with Crippen molar-refractivity contribution in [2.24, 2.45) is 5.73 Å². The molecule has 0 bridgehead atoms. The third kappa shape index (κ3) is 3.11. The van der Waals surface area contributed by atoms with Crippen LogP contribution in [0.2, 0.25) is 0 Å². The molecule has 2 amide bonds. The summed E-state index contributed by atoms with van der Waals surface area (Å²) in [6, 6.07) is 4.09. The Morgan fingerprint density at radius 2 is 2.14 bits per heavy atom. The van der Waals surface area contributed by atoms with Crippen molar-refractivity contribution < 1.29 is 14.0 Å². The molecule has 1 heterocycles. The Morgan fingerprint density at radius 1 is 1.45 bits per heavy atom. The number of rotatable bonds is 5. The van der Waals surface area contributed by atoms with Crippen LogP contribution in [0.4, 0.5) is 10.1 Å². The molecule has 6 heteroatoms. The fourth-order valence-electron chi connectivity index (χ4n) is 2.79. The second kappa shape index (κ2) is 6.44. The van der Waals surface area contributed by atoms with Gasteiger partial charge in [-0.3, -0.25) is 9.59 Å². The molecule has 1 aliphatic rings. The fraction of sp³-hybridized carbons (Fsp3) is 0.500. The maximum absolute atomic E-state index is 13.3. The molecule has 0 saturated carbocycles. The largest absolute Gasteiger partial charge is 0.349 e. The van der Waals surface area contributed by atoms with Gasteiger partial charge in [-0.15, -0.1) is 0 Å². The number of nitrogens with one attached hydrogen (secondary N) is 2. The number of nitrogens with two attached hydrogens (primary N) is 1. The molecule has 1 aromatic rings. The summed E-state index contributed by atoms with van der Waals surface area (Å²) in [6.45, 7) is 4.27. The van der Waals surface area contributed by atoms with Crippen LogP contribution in [0.15, 0.2) is 18.2 Å². The molecule has 4 N–H and O–H groups in total. The Kier molecular flexibility index (Phi) is 4.81. The molecular weight excluding hydrogens is 285 g/mol. The van der Waals surface area contributed by atoms with Crippen LogP contribution in [-0.2, 0) is 9.59 Å². The second-order valence-corrected chi connectivity index (χ2v) is 5.72. The second-order valence-electron chi connectivity index (χ2n) is 5.72. The lowest BCUT2D eigenvalue weighted by Gasteiger charge is -2.34. The van der Waals surface area contributed by atoms with E-state index < -0.39 is 17.3 Å². The normalized spacial score (nSPS) is 17.6. The van der Waals surface area contributed by atoms with Crippen LogP contribution >= 0.6 is 0 Å². The zero-order chi connectivity index (χ0) is 16.3. The molecule has 0 spiro atoms. The number of hydrogen-bond donors (Lipinski definition) is 3. The van der Waals surface area contributed by atoms with Gasteiger partial charge in [-0.25, -0.2) is 4.39 Å². The molecule has 22 heavy (non-hydrogen) atoms. The van der Waals surface area contributed by atoms with Gasteiger partial charge in [0.05, 0.1) is 11.5 Å². The molecule has 0 aliphatic carbocycles. The van der Waals surface area contributed by atoms with Gasteiger partial charge >= 0.3 is 0 Å². The van der Waals surface area contributed by atoms with E-state index in [0.29, 0.717) is 30.6 Å². The minimum Gasteiger partial charge on any atom is -0.349 e. The summed E-state index contributed by atoms with van der Waals surface area (Å²) >= 11 is 0. The van der Waals surface area contributed by atoms with Crippen molar-refractivity contribution in [3.05, 3.63) is 29.6 Å². The quantitative estimate of drug-likeness (QED) is 0.776. The number of hydrogen-bond acceptors (Lipinski definition) is 3. The maximum Gasteiger partial charge on any atom is 0.228 e. The van der Waals surface area contributed by atoms with Crippen molar-refractivity contribution in [3.8, 4) is 0 Å². The molecular formula is C16H22FN3O2. The standard InChI is InChI=1S/C16H22FN3O2/c1-3-16(4-2,9-18)20-15(22)12-8-14(21)19-13-7-10(17)5-6-11(12)13/h5-7,12H,3-4,8-9,18H2,1-2H3,(H,19,21)(H,20,22). The topological polar surface area (TPSA) is 84.2 Å². The van der Waals surface area contributed by atoms with Crippen LogP contribution in [0.25, 0.3) is 0 Å². The lowest BCUT2D eigenvalue weighted by atomic mass is 9.87. The van der Waals surface area contributed by atoms with Crippen molar-refractivity contribution in [2.45, 2.75) is 44.6 Å². The maximum atomic E-state index is 13.3. The molecule has 1 unspecified atom stereocenters. The van der Waals surface area contributed by atoms with E-state index in [1.54, 1.807) is 6.07 Å². The van der Waals surface area contributed by atoms with E-state index in [1.807, 2.05) is 13.8 Å². The minimum absolute atomic E-state index is 0.0541. The SMILES string of the molecule is CCC(CC)(CN)NC(=O)C1CC(=O)Nc2cc(F)ccc21. The first kappa shape index (κ1) is 16.4. The molecule has 0 fully saturated rings. The molecule has 0 saturated heterocycles. The number of carbonyl (C=O) groups excluding carboxylic acids is 2. The smallest absolute Gasteiger partial charge is 0.228 e. The van der Waals surface area contributed by atoms with E-state index in [-0.39, 0.29) is 18.2 Å². The Bertz CT molecular complexity index is 576. The lowest BCUT2D eigenvalue weighted by molar-refractivity contribution is -0.127. The summed E-state index contributed by atoms with van der Waals surface area (Å²) in [5.74, 6) is -1.59. The first-order chi connectivity index (χ1) is 10.4. The highest BCUT2D eigenvalue weighted by Crippen LogP contribution is 2.33. The van der Waals surface area contributed by atoms with Gasteiger partial charge in [0, 0.05) is 18.7 Å². The number of anilines is 1. The zero-order valence-electron chi connectivity index (χ0n) is 12.9. The van der Waals surface area contributed by atoms with Gasteiger partial charge in [0.25, 0.3) is 0 Å².